The van der Waals surface area contributed by atoms with Gasteiger partial charge in [0, 0.05) is 6.92 Å². The van der Waals surface area contributed by atoms with Crippen LogP contribution in [0.1, 0.15) is 25.5 Å². The predicted molar refractivity (Wildman–Crippen MR) is 64.1 cm³/mol. The topological polar surface area (TPSA) is 26.3 Å². The van der Waals surface area contributed by atoms with E-state index in [2.05, 4.69) is 12.1 Å². The quantitative estimate of drug-likeness (QED) is 0.715. The maximum Gasteiger partial charge on any atom is 0.303 e. The molecule has 16 heavy (non-hydrogen) atoms. The number of hydrogen-bond donors (Lipinski definition) is 0. The summed E-state index contributed by atoms with van der Waals surface area (Å²) in [6.45, 7) is 3.32. The molecule has 82 valence electrons. The summed E-state index contributed by atoms with van der Waals surface area (Å²) in [4.78, 5) is 10.9. The minimum Gasteiger partial charge on any atom is -0.458 e. The normalized spacial score (nSPS) is 12.4. The second-order valence-electron chi connectivity index (χ2n) is 3.82. The number of fused-ring (bicyclic) bond motifs is 1. The number of hydrogen-bond acceptors (Lipinski definition) is 2. The summed E-state index contributed by atoms with van der Waals surface area (Å²) in [5, 5.41) is 2.30. The van der Waals surface area contributed by atoms with Crippen molar-refractivity contribution >= 4 is 16.7 Å². The largest absolute Gasteiger partial charge is 0.458 e. The lowest BCUT2D eigenvalue weighted by Crippen LogP contribution is -2.05. The Morgan fingerprint density at radius 1 is 1.12 bits per heavy atom. The smallest absolute Gasteiger partial charge is 0.303 e. The molecule has 0 saturated heterocycles. The summed E-state index contributed by atoms with van der Waals surface area (Å²) < 4.78 is 5.21. The van der Waals surface area contributed by atoms with Crippen LogP contribution in [0, 0.1) is 0 Å². The molecule has 0 bridgehead atoms. The molecule has 2 nitrogen and oxygen atoms in total. The van der Waals surface area contributed by atoms with E-state index >= 15 is 0 Å². The van der Waals surface area contributed by atoms with Gasteiger partial charge >= 0.3 is 5.97 Å². The van der Waals surface area contributed by atoms with Gasteiger partial charge in [0.1, 0.15) is 6.10 Å². The van der Waals surface area contributed by atoms with Crippen LogP contribution < -0.4 is 0 Å². The molecule has 0 amide bonds. The van der Waals surface area contributed by atoms with Crippen molar-refractivity contribution in [2.45, 2.75) is 20.0 Å². The third-order valence-corrected chi connectivity index (χ3v) is 2.60. The van der Waals surface area contributed by atoms with E-state index < -0.39 is 0 Å². The Balaban J connectivity index is 2.47. The van der Waals surface area contributed by atoms with E-state index in [-0.39, 0.29) is 12.1 Å². The maximum absolute atomic E-state index is 10.9. The summed E-state index contributed by atoms with van der Waals surface area (Å²) in [5.74, 6) is -0.250. The van der Waals surface area contributed by atoms with Gasteiger partial charge < -0.3 is 4.74 Å². The van der Waals surface area contributed by atoms with Crippen molar-refractivity contribution in [2.75, 3.05) is 0 Å². The van der Waals surface area contributed by atoms with E-state index in [0.717, 1.165) is 10.9 Å². The van der Waals surface area contributed by atoms with Crippen LogP contribution >= 0.6 is 0 Å². The first-order chi connectivity index (χ1) is 7.68. The number of carbonyl (C=O) groups excluding carboxylic acids is 1. The highest BCUT2D eigenvalue weighted by Crippen LogP contribution is 2.26. The zero-order valence-corrected chi connectivity index (χ0v) is 9.44. The van der Waals surface area contributed by atoms with E-state index in [1.54, 1.807) is 0 Å². The lowest BCUT2D eigenvalue weighted by atomic mass is 10.0. The second kappa shape index (κ2) is 4.35. The average Bonchev–Trinajstić information content (AvgIpc) is 2.27. The van der Waals surface area contributed by atoms with Gasteiger partial charge in [-0.25, -0.2) is 0 Å². The fourth-order valence-corrected chi connectivity index (χ4v) is 1.92. The highest BCUT2D eigenvalue weighted by Gasteiger charge is 2.11. The van der Waals surface area contributed by atoms with Gasteiger partial charge in [0.2, 0.25) is 0 Å². The first-order valence-corrected chi connectivity index (χ1v) is 5.33. The van der Waals surface area contributed by atoms with Crippen LogP contribution in [0.5, 0.6) is 0 Å². The predicted octanol–water partition coefficient (Wildman–Crippen LogP) is 3.46. The molecule has 0 aromatic heterocycles. The Morgan fingerprint density at radius 3 is 2.56 bits per heavy atom. The number of ether oxygens (including phenoxy) is 1. The fourth-order valence-electron chi connectivity index (χ4n) is 1.92. The lowest BCUT2D eigenvalue weighted by molar-refractivity contribution is -0.145. The van der Waals surface area contributed by atoms with Crippen LogP contribution in [-0.4, -0.2) is 5.97 Å². The maximum atomic E-state index is 10.9. The molecule has 0 aliphatic rings. The molecular weight excluding hydrogens is 200 g/mol. The Morgan fingerprint density at radius 2 is 1.81 bits per heavy atom. The molecule has 1 atom stereocenters. The summed E-state index contributed by atoms with van der Waals surface area (Å²) in [5.41, 5.74) is 1.05. The summed E-state index contributed by atoms with van der Waals surface area (Å²) in [6, 6.07) is 14.1. The molecular formula is C14H14O2. The van der Waals surface area contributed by atoms with E-state index in [1.165, 1.54) is 12.3 Å². The minimum atomic E-state index is -0.250. The average molecular weight is 214 g/mol. The zero-order valence-electron chi connectivity index (χ0n) is 9.44. The third-order valence-electron chi connectivity index (χ3n) is 2.60. The van der Waals surface area contributed by atoms with Crippen LogP contribution in [0.25, 0.3) is 10.8 Å². The van der Waals surface area contributed by atoms with Crippen LogP contribution in [-0.2, 0) is 9.53 Å². The van der Waals surface area contributed by atoms with Crippen molar-refractivity contribution in [3.63, 3.8) is 0 Å². The minimum absolute atomic E-state index is 0.205. The number of rotatable bonds is 2. The third kappa shape index (κ3) is 2.06. The lowest BCUT2D eigenvalue weighted by Gasteiger charge is -2.14. The standard InChI is InChI=1S/C14H14O2/c1-10(16-11(2)15)13-9-5-7-12-6-3-4-8-14(12)13/h3-10H,1-2H3/t10-/m1/s1. The summed E-state index contributed by atoms with van der Waals surface area (Å²) in [7, 11) is 0. The van der Waals surface area contributed by atoms with Crippen molar-refractivity contribution in [1.82, 2.24) is 0 Å². The Hall–Kier alpha value is -1.83. The molecule has 0 saturated carbocycles. The Bertz CT molecular complexity index is 512. The van der Waals surface area contributed by atoms with E-state index in [1.807, 2.05) is 37.3 Å². The van der Waals surface area contributed by atoms with Crippen LogP contribution in [0.4, 0.5) is 0 Å². The highest BCUT2D eigenvalue weighted by atomic mass is 16.5. The van der Waals surface area contributed by atoms with Crippen molar-refractivity contribution in [2.24, 2.45) is 0 Å². The molecule has 0 N–H and O–H groups in total. The zero-order chi connectivity index (χ0) is 11.5. The molecule has 0 aliphatic heterocycles. The molecule has 0 fully saturated rings. The van der Waals surface area contributed by atoms with Gasteiger partial charge in [0.15, 0.2) is 0 Å². The van der Waals surface area contributed by atoms with Gasteiger partial charge in [0.05, 0.1) is 0 Å². The molecule has 0 heterocycles. The second-order valence-corrected chi connectivity index (χ2v) is 3.82. The molecule has 0 aliphatic carbocycles. The number of carbonyl (C=O) groups is 1. The molecule has 2 heteroatoms. The van der Waals surface area contributed by atoms with Crippen molar-refractivity contribution in [3.8, 4) is 0 Å². The van der Waals surface area contributed by atoms with Crippen LogP contribution in [0.15, 0.2) is 42.5 Å². The molecule has 2 aromatic carbocycles. The first-order valence-electron chi connectivity index (χ1n) is 5.33. The molecule has 2 aromatic rings. The molecule has 2 rings (SSSR count). The SMILES string of the molecule is CC(=O)O[C@H](C)c1cccc2ccccc12. The van der Waals surface area contributed by atoms with Gasteiger partial charge in [-0.2, -0.15) is 0 Å². The van der Waals surface area contributed by atoms with Crippen molar-refractivity contribution < 1.29 is 9.53 Å². The Kier molecular flexibility index (Phi) is 2.91. The highest BCUT2D eigenvalue weighted by molar-refractivity contribution is 5.86. The number of esters is 1. The molecule has 0 spiro atoms. The van der Waals surface area contributed by atoms with Gasteiger partial charge in [0.25, 0.3) is 0 Å². The van der Waals surface area contributed by atoms with Gasteiger partial charge in [-0.05, 0) is 23.3 Å². The van der Waals surface area contributed by atoms with Gasteiger partial charge in [-0.1, -0.05) is 42.5 Å². The van der Waals surface area contributed by atoms with E-state index in [9.17, 15) is 4.79 Å². The molecule has 0 radical (unpaired) electrons. The summed E-state index contributed by atoms with van der Waals surface area (Å²) >= 11 is 0. The Labute approximate surface area is 94.8 Å². The molecule has 0 unspecified atom stereocenters. The van der Waals surface area contributed by atoms with Gasteiger partial charge in [-0.3, -0.25) is 4.79 Å². The van der Waals surface area contributed by atoms with Crippen molar-refractivity contribution in [1.29, 1.82) is 0 Å². The van der Waals surface area contributed by atoms with Crippen molar-refractivity contribution in [3.05, 3.63) is 48.0 Å². The first kappa shape index (κ1) is 10.7. The fraction of sp³-hybridized carbons (Fsp3) is 0.214. The van der Waals surface area contributed by atoms with E-state index in [4.69, 9.17) is 4.74 Å². The van der Waals surface area contributed by atoms with Crippen LogP contribution in [0.3, 0.4) is 0 Å². The van der Waals surface area contributed by atoms with E-state index in [0.29, 0.717) is 0 Å². The number of benzene rings is 2. The van der Waals surface area contributed by atoms with Crippen LogP contribution in [0.2, 0.25) is 0 Å². The van der Waals surface area contributed by atoms with Gasteiger partial charge in [-0.15, -0.1) is 0 Å². The monoisotopic (exact) mass is 214 g/mol. The summed E-state index contributed by atoms with van der Waals surface area (Å²) in [6.07, 6.45) is -0.205.